The maximum Gasteiger partial charge on any atom is 0.143 e. The number of aryl methyl sites for hydroxylation is 1. The van der Waals surface area contributed by atoms with Gasteiger partial charge in [0.25, 0.3) is 0 Å². The number of hydrogen-bond acceptors (Lipinski definition) is 8. The molecule has 0 radical (unpaired) electrons. The minimum absolute atomic E-state index is 0.150. The summed E-state index contributed by atoms with van der Waals surface area (Å²) in [5.74, 6) is 8.65. The molecule has 1 atom stereocenters. The molecule has 1 aliphatic heterocycles. The van der Waals surface area contributed by atoms with Gasteiger partial charge < -0.3 is 25.5 Å². The fourth-order valence-corrected chi connectivity index (χ4v) is 5.00. The first kappa shape index (κ1) is 24.0. The molecule has 10 nitrogen and oxygen atoms in total. The fourth-order valence-electron chi connectivity index (χ4n) is 5.00. The van der Waals surface area contributed by atoms with Crippen molar-refractivity contribution in [2.75, 3.05) is 30.0 Å². The molecular weight excluding hydrogens is 456 g/mol. The smallest absolute Gasteiger partial charge is 0.143 e. The van der Waals surface area contributed by atoms with E-state index in [9.17, 15) is 5.11 Å². The predicted octanol–water partition coefficient (Wildman–Crippen LogP) is 2.93. The van der Waals surface area contributed by atoms with Gasteiger partial charge >= 0.3 is 0 Å². The SMILES string of the molecule is C[C@@H]1COCCN1c1cc(C2(O)CCC(C#Cc3ccn(C)n3)CC2)c(C=N)c(Nc2ccn[nH]2)n1. The number of rotatable bonds is 5. The number of aromatic amines is 1. The van der Waals surface area contributed by atoms with Gasteiger partial charge in [-0.15, -0.1) is 0 Å². The Balaban J connectivity index is 1.46. The highest BCUT2D eigenvalue weighted by molar-refractivity contribution is 5.89. The summed E-state index contributed by atoms with van der Waals surface area (Å²) < 4.78 is 7.37. The first-order chi connectivity index (χ1) is 17.4. The number of H-pyrrole nitrogens is 1. The van der Waals surface area contributed by atoms with Gasteiger partial charge in [-0.25, -0.2) is 4.98 Å². The average molecular weight is 489 g/mol. The van der Waals surface area contributed by atoms with E-state index in [0.29, 0.717) is 49.8 Å². The highest BCUT2D eigenvalue weighted by Crippen LogP contribution is 2.43. The molecule has 0 unspecified atom stereocenters. The molecule has 1 aliphatic carbocycles. The van der Waals surface area contributed by atoms with Crippen molar-refractivity contribution in [1.29, 1.82) is 5.41 Å². The third-order valence-corrected chi connectivity index (χ3v) is 7.04. The van der Waals surface area contributed by atoms with E-state index in [1.807, 2.05) is 25.4 Å². The number of ether oxygens (including phenoxy) is 1. The van der Waals surface area contributed by atoms with Crippen molar-refractivity contribution in [1.82, 2.24) is 25.0 Å². The van der Waals surface area contributed by atoms with E-state index in [2.05, 4.69) is 44.3 Å². The number of pyridine rings is 1. The highest BCUT2D eigenvalue weighted by atomic mass is 16.5. The van der Waals surface area contributed by atoms with E-state index >= 15 is 0 Å². The summed E-state index contributed by atoms with van der Waals surface area (Å²) in [5, 5.41) is 34.6. The van der Waals surface area contributed by atoms with Gasteiger partial charge in [0.1, 0.15) is 23.1 Å². The summed E-state index contributed by atoms with van der Waals surface area (Å²) in [4.78, 5) is 7.08. The molecule has 3 aromatic heterocycles. The van der Waals surface area contributed by atoms with Crippen molar-refractivity contribution in [3.05, 3.63) is 47.4 Å². The van der Waals surface area contributed by atoms with Crippen LogP contribution in [0.15, 0.2) is 30.6 Å². The molecule has 188 valence electrons. The lowest BCUT2D eigenvalue weighted by atomic mass is 9.74. The van der Waals surface area contributed by atoms with Gasteiger partial charge in [0.05, 0.1) is 31.1 Å². The van der Waals surface area contributed by atoms with Gasteiger partial charge in [-0.05, 0) is 56.2 Å². The van der Waals surface area contributed by atoms with Gasteiger partial charge in [-0.3, -0.25) is 9.78 Å². The maximum absolute atomic E-state index is 11.9. The minimum atomic E-state index is -1.08. The quantitative estimate of drug-likeness (QED) is 0.321. The van der Waals surface area contributed by atoms with Gasteiger partial charge in [0, 0.05) is 43.6 Å². The molecule has 2 fully saturated rings. The maximum atomic E-state index is 11.9. The Hall–Kier alpha value is -3.68. The van der Waals surface area contributed by atoms with Crippen LogP contribution >= 0.6 is 0 Å². The number of morpholine rings is 1. The van der Waals surface area contributed by atoms with Crippen molar-refractivity contribution in [2.45, 2.75) is 44.2 Å². The Morgan fingerprint density at radius 2 is 2.17 bits per heavy atom. The predicted molar refractivity (Wildman–Crippen MR) is 138 cm³/mol. The molecule has 0 aromatic carbocycles. The van der Waals surface area contributed by atoms with Crippen LogP contribution in [0.3, 0.4) is 0 Å². The Morgan fingerprint density at radius 1 is 1.33 bits per heavy atom. The molecule has 1 saturated carbocycles. The fraction of sp³-hybridized carbons (Fsp3) is 0.462. The lowest BCUT2D eigenvalue weighted by Gasteiger charge is -2.38. The Labute approximate surface area is 210 Å². The monoisotopic (exact) mass is 488 g/mol. The number of aliphatic hydroxyl groups is 1. The van der Waals surface area contributed by atoms with Crippen LogP contribution in [0.25, 0.3) is 0 Å². The van der Waals surface area contributed by atoms with Crippen LogP contribution in [0.2, 0.25) is 0 Å². The molecular formula is C26H32N8O2. The highest BCUT2D eigenvalue weighted by Gasteiger charge is 2.38. The molecule has 0 amide bonds. The molecule has 10 heteroatoms. The van der Waals surface area contributed by atoms with E-state index in [4.69, 9.17) is 15.1 Å². The van der Waals surface area contributed by atoms with Crippen molar-refractivity contribution < 1.29 is 9.84 Å². The van der Waals surface area contributed by atoms with E-state index in [1.165, 1.54) is 6.21 Å². The molecule has 2 aliphatic rings. The molecule has 36 heavy (non-hydrogen) atoms. The lowest BCUT2D eigenvalue weighted by molar-refractivity contribution is -0.00803. The van der Waals surface area contributed by atoms with E-state index in [-0.39, 0.29) is 12.0 Å². The van der Waals surface area contributed by atoms with Crippen LogP contribution in [0, 0.1) is 23.2 Å². The number of aromatic nitrogens is 5. The topological polar surface area (TPSA) is 128 Å². The number of nitrogens with zero attached hydrogens (tertiary/aromatic N) is 5. The van der Waals surface area contributed by atoms with Crippen molar-refractivity contribution >= 4 is 23.7 Å². The van der Waals surface area contributed by atoms with Crippen LogP contribution in [0.1, 0.15) is 49.4 Å². The van der Waals surface area contributed by atoms with Gasteiger partial charge in [0.15, 0.2) is 0 Å². The summed E-state index contributed by atoms with van der Waals surface area (Å²) in [7, 11) is 1.88. The molecule has 0 bridgehead atoms. The van der Waals surface area contributed by atoms with Crippen LogP contribution in [-0.4, -0.2) is 62.1 Å². The van der Waals surface area contributed by atoms with Crippen LogP contribution in [0.5, 0.6) is 0 Å². The second kappa shape index (κ2) is 10.1. The first-order valence-corrected chi connectivity index (χ1v) is 12.4. The second-order valence-electron chi connectivity index (χ2n) is 9.60. The Morgan fingerprint density at radius 3 is 2.83 bits per heavy atom. The third kappa shape index (κ3) is 4.98. The second-order valence-corrected chi connectivity index (χ2v) is 9.60. The summed E-state index contributed by atoms with van der Waals surface area (Å²) in [6, 6.07) is 5.82. The minimum Gasteiger partial charge on any atom is -0.385 e. The van der Waals surface area contributed by atoms with Crippen LogP contribution in [-0.2, 0) is 17.4 Å². The zero-order valence-electron chi connectivity index (χ0n) is 20.7. The standard InChI is InChI=1S/C26H32N8O2/c1-18-17-36-14-13-34(18)24-15-22(21(16-27)25(30-24)29-23-7-11-28-31-23)26(35)9-5-19(6-10-26)3-4-20-8-12-33(2)32-20/h7-8,11-12,15-16,18-19,27,35H,5-6,9-10,13-14,17H2,1-2H3,(H2,28,29,30,31)/t18-,19?,26?/m1/s1. The van der Waals surface area contributed by atoms with E-state index in [0.717, 1.165) is 29.9 Å². The van der Waals surface area contributed by atoms with Crippen LogP contribution in [0.4, 0.5) is 17.5 Å². The largest absolute Gasteiger partial charge is 0.385 e. The van der Waals surface area contributed by atoms with Crippen LogP contribution < -0.4 is 10.2 Å². The molecule has 5 rings (SSSR count). The zero-order valence-corrected chi connectivity index (χ0v) is 20.7. The van der Waals surface area contributed by atoms with Gasteiger partial charge in [-0.1, -0.05) is 5.92 Å². The molecule has 4 N–H and O–H groups in total. The number of anilines is 3. The Bertz CT molecular complexity index is 1260. The van der Waals surface area contributed by atoms with E-state index in [1.54, 1.807) is 16.9 Å². The number of hydrogen-bond donors (Lipinski definition) is 4. The summed E-state index contributed by atoms with van der Waals surface area (Å²) in [5.41, 5.74) is 0.986. The lowest BCUT2D eigenvalue weighted by Crippen LogP contribution is -2.44. The van der Waals surface area contributed by atoms with Gasteiger partial charge in [-0.2, -0.15) is 10.2 Å². The number of nitrogens with one attached hydrogen (secondary N) is 3. The third-order valence-electron chi connectivity index (χ3n) is 7.04. The van der Waals surface area contributed by atoms with Crippen molar-refractivity contribution in [3.63, 3.8) is 0 Å². The molecule has 0 spiro atoms. The molecule has 3 aromatic rings. The summed E-state index contributed by atoms with van der Waals surface area (Å²) >= 11 is 0. The molecule has 1 saturated heterocycles. The summed E-state index contributed by atoms with van der Waals surface area (Å²) in [6.07, 6.45) is 7.46. The zero-order chi connectivity index (χ0) is 25.1. The first-order valence-electron chi connectivity index (χ1n) is 12.4. The molecule has 4 heterocycles. The van der Waals surface area contributed by atoms with Crippen molar-refractivity contribution in [3.8, 4) is 11.8 Å². The normalized spacial score (nSPS) is 24.1. The summed E-state index contributed by atoms with van der Waals surface area (Å²) in [6.45, 7) is 4.06. The van der Waals surface area contributed by atoms with E-state index < -0.39 is 5.60 Å². The van der Waals surface area contributed by atoms with Gasteiger partial charge in [0.2, 0.25) is 0 Å². The van der Waals surface area contributed by atoms with Crippen molar-refractivity contribution in [2.24, 2.45) is 13.0 Å². The Kier molecular flexibility index (Phi) is 6.76. The average Bonchev–Trinajstić information content (AvgIpc) is 3.55.